The number of fused-ring (bicyclic) bond motifs is 1. The third-order valence-electron chi connectivity index (χ3n) is 6.85. The molecule has 2 saturated carbocycles. The first kappa shape index (κ1) is 21.6. The Hall–Kier alpha value is -2.94. The minimum absolute atomic E-state index is 0.0266. The Balaban J connectivity index is 1.36. The summed E-state index contributed by atoms with van der Waals surface area (Å²) in [6.07, 6.45) is 13.0. The summed E-state index contributed by atoms with van der Waals surface area (Å²) in [6, 6.07) is 2.77. The van der Waals surface area contributed by atoms with Crippen LogP contribution in [0.4, 0.5) is 10.5 Å². The molecular weight excluding hydrogens is 430 g/mol. The Kier molecular flexibility index (Phi) is 5.51. The minimum atomic E-state index is -0.115. The molecule has 0 radical (unpaired) electrons. The molecule has 3 aromatic heterocycles. The van der Waals surface area contributed by atoms with E-state index in [4.69, 9.17) is 14.8 Å². The van der Waals surface area contributed by atoms with E-state index >= 15 is 0 Å². The van der Waals surface area contributed by atoms with Crippen LogP contribution >= 0.6 is 0 Å². The second kappa shape index (κ2) is 8.69. The second-order valence-corrected chi connectivity index (χ2v) is 10.3. The molecule has 2 aliphatic carbocycles. The van der Waals surface area contributed by atoms with E-state index in [9.17, 15) is 4.79 Å². The molecule has 1 atom stereocenters. The van der Waals surface area contributed by atoms with Gasteiger partial charge in [0.25, 0.3) is 0 Å². The number of urea groups is 1. The molecule has 0 aromatic carbocycles. The monoisotopic (exact) mass is 463 g/mol. The fraction of sp³-hybridized carbons (Fsp3) is 0.600. The highest BCUT2D eigenvalue weighted by atomic mass is 16.5. The van der Waals surface area contributed by atoms with Gasteiger partial charge in [0.05, 0.1) is 29.3 Å². The van der Waals surface area contributed by atoms with Crippen LogP contribution in [0.3, 0.4) is 0 Å². The van der Waals surface area contributed by atoms with Crippen LogP contribution in [0, 0.1) is 5.92 Å². The highest BCUT2D eigenvalue weighted by Gasteiger charge is 2.42. The van der Waals surface area contributed by atoms with E-state index in [0.29, 0.717) is 29.4 Å². The van der Waals surface area contributed by atoms with Crippen molar-refractivity contribution in [1.82, 2.24) is 29.4 Å². The number of carbonyl (C=O) groups excluding carboxylic acids is 1. The second-order valence-electron chi connectivity index (χ2n) is 10.3. The molecule has 4 heterocycles. The Morgan fingerprint density at radius 1 is 1.18 bits per heavy atom. The Morgan fingerprint density at radius 3 is 2.65 bits per heavy atom. The standard InChI is InChI=1S/C25H33N7O2/c1-16(2)14-30-22-11-20(26-12-17(22)13-27-30)24-21(15-31(29-24)23-5-3-4-10-34-23)28-25(33)32(18-6-7-18)19-8-9-19/h11-13,15-16,18-19,23H,3-10,14H2,1-2H3,(H,28,33). The number of hydrogen-bond acceptors (Lipinski definition) is 5. The van der Waals surface area contributed by atoms with Crippen molar-refractivity contribution >= 4 is 22.6 Å². The minimum Gasteiger partial charge on any atom is -0.357 e. The maximum absolute atomic E-state index is 13.3. The number of anilines is 1. The number of rotatable bonds is 7. The number of amides is 2. The van der Waals surface area contributed by atoms with Crippen LogP contribution in [0.25, 0.3) is 22.3 Å². The number of aromatic nitrogens is 5. The van der Waals surface area contributed by atoms with Gasteiger partial charge in [-0.3, -0.25) is 9.67 Å². The van der Waals surface area contributed by atoms with E-state index < -0.39 is 0 Å². The highest BCUT2D eigenvalue weighted by molar-refractivity contribution is 5.94. The highest BCUT2D eigenvalue weighted by Crippen LogP contribution is 2.38. The number of hydrogen-bond donors (Lipinski definition) is 1. The maximum atomic E-state index is 13.3. The molecule has 6 rings (SSSR count). The number of pyridine rings is 1. The van der Waals surface area contributed by atoms with E-state index in [-0.39, 0.29) is 12.3 Å². The van der Waals surface area contributed by atoms with Crippen molar-refractivity contribution in [2.45, 2.75) is 83.6 Å². The quantitative estimate of drug-likeness (QED) is 0.543. The normalized spacial score (nSPS) is 20.7. The first-order valence-corrected chi connectivity index (χ1v) is 12.7. The molecule has 3 fully saturated rings. The Labute approximate surface area is 199 Å². The topological polar surface area (TPSA) is 90.1 Å². The molecule has 3 aliphatic rings. The average molecular weight is 464 g/mol. The van der Waals surface area contributed by atoms with Crippen molar-refractivity contribution in [3.8, 4) is 11.4 Å². The molecule has 34 heavy (non-hydrogen) atoms. The molecule has 2 amide bonds. The molecular formula is C25H33N7O2. The zero-order valence-electron chi connectivity index (χ0n) is 20.0. The summed E-state index contributed by atoms with van der Waals surface area (Å²) in [6.45, 7) is 5.93. The largest absolute Gasteiger partial charge is 0.357 e. The summed E-state index contributed by atoms with van der Waals surface area (Å²) >= 11 is 0. The molecule has 3 aromatic rings. The fourth-order valence-corrected chi connectivity index (χ4v) is 4.86. The molecule has 1 saturated heterocycles. The van der Waals surface area contributed by atoms with Crippen LogP contribution in [0.5, 0.6) is 0 Å². The molecule has 9 heteroatoms. The lowest BCUT2D eigenvalue weighted by Crippen LogP contribution is -2.38. The van der Waals surface area contributed by atoms with Crippen LogP contribution in [-0.4, -0.2) is 54.2 Å². The van der Waals surface area contributed by atoms with Gasteiger partial charge in [0.15, 0.2) is 0 Å². The van der Waals surface area contributed by atoms with Crippen molar-refractivity contribution in [1.29, 1.82) is 0 Å². The molecule has 1 N–H and O–H groups in total. The fourth-order valence-electron chi connectivity index (χ4n) is 4.86. The van der Waals surface area contributed by atoms with Crippen molar-refractivity contribution in [2.75, 3.05) is 11.9 Å². The molecule has 1 aliphatic heterocycles. The van der Waals surface area contributed by atoms with Crippen LogP contribution < -0.4 is 5.32 Å². The molecule has 1 unspecified atom stereocenters. The first-order valence-electron chi connectivity index (χ1n) is 12.7. The van der Waals surface area contributed by atoms with Crippen LogP contribution in [-0.2, 0) is 11.3 Å². The molecule has 0 bridgehead atoms. The number of carbonyl (C=O) groups is 1. The van der Waals surface area contributed by atoms with E-state index in [2.05, 4.69) is 24.3 Å². The van der Waals surface area contributed by atoms with Crippen molar-refractivity contribution in [3.05, 3.63) is 24.7 Å². The molecule has 180 valence electrons. The van der Waals surface area contributed by atoms with E-state index in [1.807, 2.05) is 38.9 Å². The summed E-state index contributed by atoms with van der Waals surface area (Å²) in [4.78, 5) is 20.1. The van der Waals surface area contributed by atoms with Crippen LogP contribution in [0.15, 0.2) is 24.7 Å². The van der Waals surface area contributed by atoms with Gasteiger partial charge in [0, 0.05) is 36.8 Å². The maximum Gasteiger partial charge on any atom is 0.322 e. The van der Waals surface area contributed by atoms with Gasteiger partial charge in [-0.2, -0.15) is 10.2 Å². The predicted molar refractivity (Wildman–Crippen MR) is 129 cm³/mol. The van der Waals surface area contributed by atoms with Gasteiger partial charge in [-0.25, -0.2) is 9.48 Å². The third-order valence-corrected chi connectivity index (χ3v) is 6.85. The molecule has 9 nitrogen and oxygen atoms in total. The zero-order chi connectivity index (χ0) is 23.2. The Morgan fingerprint density at radius 2 is 1.97 bits per heavy atom. The SMILES string of the molecule is CC(C)Cn1ncc2cnc(-c3nn(C4CCCCO4)cc3NC(=O)N(C3CC3)C3CC3)cc21. The third kappa shape index (κ3) is 4.29. The number of nitrogens with zero attached hydrogens (tertiary/aromatic N) is 6. The van der Waals surface area contributed by atoms with Crippen LogP contribution in [0.2, 0.25) is 0 Å². The molecule has 0 spiro atoms. The van der Waals surface area contributed by atoms with E-state index in [1.54, 1.807) is 0 Å². The van der Waals surface area contributed by atoms with Gasteiger partial charge in [0.2, 0.25) is 0 Å². The predicted octanol–water partition coefficient (Wildman–Crippen LogP) is 4.81. The average Bonchev–Trinajstić information content (AvgIpc) is 3.77. The summed E-state index contributed by atoms with van der Waals surface area (Å²) < 4.78 is 9.86. The summed E-state index contributed by atoms with van der Waals surface area (Å²) in [5, 5.41) is 13.6. The van der Waals surface area contributed by atoms with Gasteiger partial charge < -0.3 is 15.0 Å². The first-order chi connectivity index (χ1) is 16.6. The zero-order valence-corrected chi connectivity index (χ0v) is 20.0. The lowest BCUT2D eigenvalue weighted by molar-refractivity contribution is -0.0393. The van der Waals surface area contributed by atoms with Gasteiger partial charge in [0.1, 0.15) is 11.9 Å². The van der Waals surface area contributed by atoms with Gasteiger partial charge in [-0.05, 0) is 56.9 Å². The number of ether oxygens (including phenoxy) is 1. The van der Waals surface area contributed by atoms with E-state index in [0.717, 1.165) is 74.7 Å². The van der Waals surface area contributed by atoms with E-state index in [1.165, 1.54) is 0 Å². The van der Waals surface area contributed by atoms with Crippen molar-refractivity contribution in [2.24, 2.45) is 5.92 Å². The van der Waals surface area contributed by atoms with Crippen molar-refractivity contribution in [3.63, 3.8) is 0 Å². The smallest absolute Gasteiger partial charge is 0.322 e. The van der Waals surface area contributed by atoms with Crippen LogP contribution in [0.1, 0.15) is 65.0 Å². The summed E-state index contributed by atoms with van der Waals surface area (Å²) in [7, 11) is 0. The van der Waals surface area contributed by atoms with Gasteiger partial charge >= 0.3 is 6.03 Å². The Bertz CT molecular complexity index is 1170. The lowest BCUT2D eigenvalue weighted by atomic mass is 10.2. The van der Waals surface area contributed by atoms with Gasteiger partial charge in [-0.1, -0.05) is 13.8 Å². The van der Waals surface area contributed by atoms with Crippen molar-refractivity contribution < 1.29 is 9.53 Å². The lowest BCUT2D eigenvalue weighted by Gasteiger charge is -2.23. The number of nitrogens with one attached hydrogen (secondary N) is 1. The van der Waals surface area contributed by atoms with Gasteiger partial charge in [-0.15, -0.1) is 0 Å². The summed E-state index contributed by atoms with van der Waals surface area (Å²) in [5.74, 6) is 0.480. The summed E-state index contributed by atoms with van der Waals surface area (Å²) in [5.41, 5.74) is 3.12.